The molecule has 0 amide bonds. The van der Waals surface area contributed by atoms with Gasteiger partial charge in [-0.2, -0.15) is 0 Å². The zero-order valence-corrected chi connectivity index (χ0v) is 13.6. The Bertz CT molecular complexity index is 345. The highest BCUT2D eigenvalue weighted by molar-refractivity contribution is 5.66. The summed E-state index contributed by atoms with van der Waals surface area (Å²) in [6, 6.07) is 0. The van der Waals surface area contributed by atoms with E-state index in [4.69, 9.17) is 10.4 Å². The Labute approximate surface area is 134 Å². The van der Waals surface area contributed by atoms with Crippen molar-refractivity contribution in [1.82, 2.24) is 0 Å². The van der Waals surface area contributed by atoms with Crippen molar-refractivity contribution in [2.75, 3.05) is 0 Å². The average molecular weight is 310 g/mol. The second-order valence-electron chi connectivity index (χ2n) is 5.30. The van der Waals surface area contributed by atoms with Crippen molar-refractivity contribution < 1.29 is 20.0 Å². The minimum Gasteiger partial charge on any atom is -0.481 e. The third kappa shape index (κ3) is 15.0. The zero-order chi connectivity index (χ0) is 16.5. The Hall–Kier alpha value is -1.39. The molecule has 0 aromatic heterocycles. The molecule has 22 heavy (non-hydrogen) atoms. The highest BCUT2D eigenvalue weighted by Crippen LogP contribution is 2.07. The van der Waals surface area contributed by atoms with Gasteiger partial charge in [0.1, 0.15) is 6.10 Å². The van der Waals surface area contributed by atoms with Gasteiger partial charge in [0, 0.05) is 6.42 Å². The lowest BCUT2D eigenvalue weighted by Crippen LogP contribution is -2.06. The second kappa shape index (κ2) is 16.0. The van der Waals surface area contributed by atoms with Gasteiger partial charge in [-0.1, -0.05) is 62.6 Å². The summed E-state index contributed by atoms with van der Waals surface area (Å²) in [6.45, 7) is 2.15. The van der Waals surface area contributed by atoms with Crippen molar-refractivity contribution in [2.45, 2.75) is 70.8 Å². The first-order valence-electron chi connectivity index (χ1n) is 8.21. The molecule has 4 heteroatoms. The summed E-state index contributed by atoms with van der Waals surface area (Å²) in [7, 11) is 0. The number of hydrogen-bond donors (Lipinski definition) is 2. The van der Waals surface area contributed by atoms with Gasteiger partial charge in [-0.3, -0.25) is 10.1 Å². The minimum atomic E-state index is -0.724. The topological polar surface area (TPSA) is 66.8 Å². The summed E-state index contributed by atoms with van der Waals surface area (Å²) < 4.78 is 0. The Morgan fingerprint density at radius 2 is 1.91 bits per heavy atom. The highest BCUT2D eigenvalue weighted by Gasteiger charge is 2.02. The molecule has 1 unspecified atom stereocenters. The molecule has 0 aromatic carbocycles. The first kappa shape index (κ1) is 20.6. The predicted molar refractivity (Wildman–Crippen MR) is 89.8 cm³/mol. The average Bonchev–Trinajstić information content (AvgIpc) is 2.50. The molecule has 0 bridgehead atoms. The van der Waals surface area contributed by atoms with Gasteiger partial charge in [-0.05, 0) is 32.1 Å². The molecule has 0 aliphatic rings. The van der Waals surface area contributed by atoms with E-state index in [0.717, 1.165) is 51.4 Å². The van der Waals surface area contributed by atoms with Gasteiger partial charge >= 0.3 is 5.97 Å². The molecule has 0 heterocycles. The molecular weight excluding hydrogens is 280 g/mol. The lowest BCUT2D eigenvalue weighted by atomic mass is 10.1. The quantitative estimate of drug-likeness (QED) is 0.153. The molecule has 0 rings (SSSR count). The van der Waals surface area contributed by atoms with E-state index in [0.29, 0.717) is 0 Å². The largest absolute Gasteiger partial charge is 0.481 e. The smallest absolute Gasteiger partial charge is 0.303 e. The molecule has 0 aromatic rings. The number of hydrogen-bond acceptors (Lipinski definition) is 3. The van der Waals surface area contributed by atoms with Gasteiger partial charge in [0.05, 0.1) is 0 Å². The van der Waals surface area contributed by atoms with Crippen LogP contribution in [0.2, 0.25) is 0 Å². The summed E-state index contributed by atoms with van der Waals surface area (Å²) in [5, 5.41) is 17.3. The van der Waals surface area contributed by atoms with Crippen molar-refractivity contribution in [2.24, 2.45) is 0 Å². The Kier molecular flexibility index (Phi) is 15.0. The Balaban J connectivity index is 3.66. The van der Waals surface area contributed by atoms with Crippen molar-refractivity contribution in [1.29, 1.82) is 0 Å². The first-order valence-corrected chi connectivity index (χ1v) is 8.21. The van der Waals surface area contributed by atoms with Crippen molar-refractivity contribution in [3.8, 4) is 0 Å². The van der Waals surface area contributed by atoms with E-state index >= 15 is 0 Å². The number of allylic oxidation sites excluding steroid dienone is 5. The molecule has 0 aliphatic heterocycles. The standard InChI is InChI=1S/C18H30O4/c1-2-3-11-14-17(22-21)15-12-9-7-5-4-6-8-10-13-16-18(19)20/h4,6-7,9,12,15,17,21H,2-3,5,8,10-11,13-14,16H2,1H3,(H,19,20). The van der Waals surface area contributed by atoms with Crippen molar-refractivity contribution in [3.63, 3.8) is 0 Å². The van der Waals surface area contributed by atoms with E-state index in [1.807, 2.05) is 24.3 Å². The van der Waals surface area contributed by atoms with Gasteiger partial charge in [0.25, 0.3) is 0 Å². The first-order chi connectivity index (χ1) is 10.7. The second-order valence-corrected chi connectivity index (χ2v) is 5.30. The third-order valence-corrected chi connectivity index (χ3v) is 3.25. The van der Waals surface area contributed by atoms with E-state index < -0.39 is 5.97 Å². The fourth-order valence-corrected chi connectivity index (χ4v) is 1.96. The maximum absolute atomic E-state index is 10.3. The monoisotopic (exact) mass is 310 g/mol. The molecule has 0 spiro atoms. The number of carbonyl (C=O) groups is 1. The van der Waals surface area contributed by atoms with E-state index in [9.17, 15) is 4.79 Å². The van der Waals surface area contributed by atoms with Crippen LogP contribution < -0.4 is 0 Å². The molecule has 0 fully saturated rings. The van der Waals surface area contributed by atoms with Crippen LogP contribution in [-0.2, 0) is 9.68 Å². The summed E-state index contributed by atoms with van der Waals surface area (Å²) in [5.74, 6) is -0.724. The summed E-state index contributed by atoms with van der Waals surface area (Å²) in [4.78, 5) is 14.7. The van der Waals surface area contributed by atoms with Crippen LogP contribution in [0.4, 0.5) is 0 Å². The van der Waals surface area contributed by atoms with E-state index in [1.165, 1.54) is 0 Å². The van der Waals surface area contributed by atoms with Crippen LogP contribution in [0.5, 0.6) is 0 Å². The fourth-order valence-electron chi connectivity index (χ4n) is 1.96. The molecule has 1 atom stereocenters. The molecule has 0 saturated carbocycles. The fraction of sp³-hybridized carbons (Fsp3) is 0.611. The van der Waals surface area contributed by atoms with Crippen LogP contribution >= 0.6 is 0 Å². The molecule has 0 aliphatic carbocycles. The number of aliphatic carboxylic acids is 1. The normalized spacial score (nSPS) is 13.5. The summed E-state index contributed by atoms with van der Waals surface area (Å²) >= 11 is 0. The highest BCUT2D eigenvalue weighted by atomic mass is 17.1. The molecular formula is C18H30O4. The lowest BCUT2D eigenvalue weighted by Gasteiger charge is -2.07. The van der Waals surface area contributed by atoms with Gasteiger partial charge in [0.15, 0.2) is 0 Å². The maximum Gasteiger partial charge on any atom is 0.303 e. The Morgan fingerprint density at radius 1 is 1.09 bits per heavy atom. The summed E-state index contributed by atoms with van der Waals surface area (Å²) in [5.41, 5.74) is 0. The number of unbranched alkanes of at least 4 members (excludes halogenated alkanes) is 4. The van der Waals surface area contributed by atoms with Crippen molar-refractivity contribution in [3.05, 3.63) is 36.5 Å². The molecule has 126 valence electrons. The van der Waals surface area contributed by atoms with Crippen LogP contribution in [-0.4, -0.2) is 22.4 Å². The molecule has 2 N–H and O–H groups in total. The van der Waals surface area contributed by atoms with Crippen LogP contribution in [0.3, 0.4) is 0 Å². The van der Waals surface area contributed by atoms with Crippen LogP contribution in [0, 0.1) is 0 Å². The van der Waals surface area contributed by atoms with Gasteiger partial charge in [0.2, 0.25) is 0 Å². The number of carboxylic acid groups (broad SMARTS) is 1. The zero-order valence-electron chi connectivity index (χ0n) is 13.6. The number of carboxylic acids is 1. The SMILES string of the molecule is CCCCCC(C=CC=CCC=CCCCCC(=O)O)OO. The van der Waals surface area contributed by atoms with Crippen LogP contribution in [0.15, 0.2) is 36.5 Å². The minimum absolute atomic E-state index is 0.221. The summed E-state index contributed by atoms with van der Waals surface area (Å²) in [6.07, 6.45) is 19.6. The van der Waals surface area contributed by atoms with E-state index in [2.05, 4.69) is 24.0 Å². The molecule has 0 saturated heterocycles. The van der Waals surface area contributed by atoms with E-state index in [1.54, 1.807) is 0 Å². The van der Waals surface area contributed by atoms with Gasteiger partial charge in [-0.25, -0.2) is 4.89 Å². The number of rotatable bonds is 14. The van der Waals surface area contributed by atoms with Crippen LogP contribution in [0.25, 0.3) is 0 Å². The third-order valence-electron chi connectivity index (χ3n) is 3.25. The van der Waals surface area contributed by atoms with Gasteiger partial charge in [-0.15, -0.1) is 0 Å². The maximum atomic E-state index is 10.3. The van der Waals surface area contributed by atoms with Crippen molar-refractivity contribution >= 4 is 5.97 Å². The lowest BCUT2D eigenvalue weighted by molar-refractivity contribution is -0.267. The molecule has 0 radical (unpaired) electrons. The predicted octanol–water partition coefficient (Wildman–Crippen LogP) is 5.13. The van der Waals surface area contributed by atoms with Crippen LogP contribution in [0.1, 0.15) is 64.7 Å². The Morgan fingerprint density at radius 3 is 2.59 bits per heavy atom. The van der Waals surface area contributed by atoms with Gasteiger partial charge < -0.3 is 5.11 Å². The van der Waals surface area contributed by atoms with E-state index in [-0.39, 0.29) is 12.5 Å². The molecule has 4 nitrogen and oxygen atoms in total.